The number of aromatic nitrogens is 3. The molecule has 6 aromatic carbocycles. The number of benzene rings is 6. The van der Waals surface area contributed by atoms with Crippen LogP contribution in [0.3, 0.4) is 0 Å². The molecule has 10 aromatic rings. The van der Waals surface area contributed by atoms with E-state index in [9.17, 15) is 0 Å². The summed E-state index contributed by atoms with van der Waals surface area (Å²) < 4.78 is 6.29. The van der Waals surface area contributed by atoms with E-state index in [-0.39, 0.29) is 0 Å². The van der Waals surface area contributed by atoms with Gasteiger partial charge in [0.2, 0.25) is 0 Å². The third-order valence-electron chi connectivity index (χ3n) is 9.56. The van der Waals surface area contributed by atoms with Gasteiger partial charge in [0.05, 0.1) is 16.6 Å². The van der Waals surface area contributed by atoms with E-state index in [1.807, 2.05) is 42.9 Å². The number of furan rings is 1. The van der Waals surface area contributed by atoms with Gasteiger partial charge in [-0.3, -0.25) is 15.0 Å². The molecule has 0 atom stereocenters. The topological polar surface area (TPSA) is 51.8 Å². The van der Waals surface area contributed by atoms with Gasteiger partial charge >= 0.3 is 0 Å². The van der Waals surface area contributed by atoms with E-state index in [1.54, 1.807) is 0 Å². The maximum atomic E-state index is 6.29. The maximum Gasteiger partial charge on any atom is 0.136 e. The summed E-state index contributed by atoms with van der Waals surface area (Å²) >= 11 is 0. The Labute approximate surface area is 282 Å². The molecule has 0 bridgehead atoms. The zero-order valence-corrected chi connectivity index (χ0v) is 26.3. The van der Waals surface area contributed by atoms with Crippen LogP contribution in [0.2, 0.25) is 0 Å². The summed E-state index contributed by atoms with van der Waals surface area (Å²) in [6, 6.07) is 51.3. The van der Waals surface area contributed by atoms with Crippen molar-refractivity contribution in [2.45, 2.75) is 0 Å². The molecule has 0 aliphatic carbocycles. The lowest BCUT2D eigenvalue weighted by Gasteiger charge is -2.13. The van der Waals surface area contributed by atoms with Crippen molar-refractivity contribution in [3.8, 4) is 44.5 Å². The van der Waals surface area contributed by atoms with Gasteiger partial charge in [-0.25, -0.2) is 0 Å². The van der Waals surface area contributed by atoms with E-state index in [0.29, 0.717) is 0 Å². The second-order valence-corrected chi connectivity index (χ2v) is 12.5. The fourth-order valence-electron chi connectivity index (χ4n) is 7.11. The molecule has 0 unspecified atom stereocenters. The highest BCUT2D eigenvalue weighted by atomic mass is 16.3. The lowest BCUT2D eigenvalue weighted by molar-refractivity contribution is 0.669. The summed E-state index contributed by atoms with van der Waals surface area (Å²) in [6.07, 6.45) is 5.64. The molecule has 0 aliphatic heterocycles. The second kappa shape index (κ2) is 11.0. The molecule has 0 N–H and O–H groups in total. The predicted molar refractivity (Wildman–Crippen MR) is 201 cm³/mol. The number of nitrogens with zero attached hydrogens (tertiary/aromatic N) is 3. The van der Waals surface area contributed by atoms with E-state index in [2.05, 4.69) is 126 Å². The lowest BCUT2D eigenvalue weighted by Crippen LogP contribution is -1.89. The normalized spacial score (nSPS) is 11.7. The molecule has 4 heteroatoms. The van der Waals surface area contributed by atoms with Gasteiger partial charge in [-0.2, -0.15) is 0 Å². The van der Waals surface area contributed by atoms with Crippen molar-refractivity contribution in [1.82, 2.24) is 15.0 Å². The Balaban J connectivity index is 1.10. The third-order valence-corrected chi connectivity index (χ3v) is 9.56. The molecular weight excluding hydrogens is 599 g/mol. The number of para-hydroxylation sites is 2. The number of pyridine rings is 3. The van der Waals surface area contributed by atoms with Gasteiger partial charge in [0.15, 0.2) is 0 Å². The Morgan fingerprint density at radius 2 is 0.980 bits per heavy atom. The minimum atomic E-state index is 0.884. The lowest BCUT2D eigenvalue weighted by atomic mass is 9.91. The molecule has 0 fully saturated rings. The number of rotatable bonds is 4. The van der Waals surface area contributed by atoms with Crippen molar-refractivity contribution in [3.05, 3.63) is 164 Å². The molecule has 4 heterocycles. The van der Waals surface area contributed by atoms with Crippen LogP contribution in [0.1, 0.15) is 0 Å². The van der Waals surface area contributed by atoms with Crippen molar-refractivity contribution in [2.75, 3.05) is 0 Å². The fourth-order valence-corrected chi connectivity index (χ4v) is 7.11. The first-order valence-electron chi connectivity index (χ1n) is 16.4. The minimum absolute atomic E-state index is 0.884. The standard InChI is InChI=1S/C45H27N3O/c1-2-11-41-39(9-1)40-19-18-32(26-42(40)49-41)35-23-34(24-36(25-35)38-10-3-6-30-7-4-20-46-43(30)38)28-12-14-29(15-13-28)37-22-33-17-16-31-8-5-21-47-44(31)45(33)48-27-37/h1-27H. The molecule has 10 rings (SSSR count). The first kappa shape index (κ1) is 27.5. The molecule has 0 saturated carbocycles. The largest absolute Gasteiger partial charge is 0.456 e. The molecular formula is C45H27N3O. The summed E-state index contributed by atoms with van der Waals surface area (Å²) in [5.74, 6) is 0. The van der Waals surface area contributed by atoms with Gasteiger partial charge in [0.1, 0.15) is 11.2 Å². The summed E-state index contributed by atoms with van der Waals surface area (Å²) in [4.78, 5) is 14.2. The van der Waals surface area contributed by atoms with Crippen molar-refractivity contribution in [2.24, 2.45) is 0 Å². The summed E-state index contributed by atoms with van der Waals surface area (Å²) in [7, 11) is 0. The van der Waals surface area contributed by atoms with Gasteiger partial charge in [-0.1, -0.05) is 91.0 Å². The number of hydrogen-bond donors (Lipinski definition) is 0. The SMILES string of the molecule is c1cnc2c(-c3cc(-c4ccc(-c5cnc6c(ccc7cccnc76)c5)cc4)cc(-c4ccc5c(c4)oc4ccccc45)c3)cccc2c1. The molecule has 4 aromatic heterocycles. The van der Waals surface area contributed by atoms with Crippen LogP contribution in [0.15, 0.2) is 169 Å². The average molecular weight is 626 g/mol. The highest BCUT2D eigenvalue weighted by Crippen LogP contribution is 2.38. The van der Waals surface area contributed by atoms with Crippen LogP contribution in [0.4, 0.5) is 0 Å². The Morgan fingerprint density at radius 3 is 1.84 bits per heavy atom. The number of hydrogen-bond acceptors (Lipinski definition) is 4. The Morgan fingerprint density at radius 1 is 0.347 bits per heavy atom. The van der Waals surface area contributed by atoms with Crippen LogP contribution >= 0.6 is 0 Å². The molecule has 0 radical (unpaired) electrons. The molecule has 0 amide bonds. The minimum Gasteiger partial charge on any atom is -0.456 e. The first-order chi connectivity index (χ1) is 24.2. The molecule has 228 valence electrons. The van der Waals surface area contributed by atoms with Crippen LogP contribution in [0, 0.1) is 0 Å². The second-order valence-electron chi connectivity index (χ2n) is 12.5. The molecule has 4 nitrogen and oxygen atoms in total. The third kappa shape index (κ3) is 4.65. The van der Waals surface area contributed by atoms with Crippen LogP contribution in [0.25, 0.3) is 99.2 Å². The molecule has 0 saturated heterocycles. The van der Waals surface area contributed by atoms with Crippen molar-refractivity contribution >= 4 is 54.6 Å². The number of fused-ring (bicyclic) bond motifs is 7. The van der Waals surface area contributed by atoms with E-state index in [0.717, 1.165) is 99.2 Å². The highest BCUT2D eigenvalue weighted by molar-refractivity contribution is 6.06. The van der Waals surface area contributed by atoms with Crippen LogP contribution < -0.4 is 0 Å². The van der Waals surface area contributed by atoms with Crippen molar-refractivity contribution in [3.63, 3.8) is 0 Å². The van der Waals surface area contributed by atoms with E-state index < -0.39 is 0 Å². The molecule has 49 heavy (non-hydrogen) atoms. The summed E-state index contributed by atoms with van der Waals surface area (Å²) in [5, 5.41) is 5.55. The average Bonchev–Trinajstić information content (AvgIpc) is 3.55. The van der Waals surface area contributed by atoms with E-state index in [4.69, 9.17) is 14.4 Å². The van der Waals surface area contributed by atoms with Gasteiger partial charge < -0.3 is 4.42 Å². The summed E-state index contributed by atoms with van der Waals surface area (Å²) in [6.45, 7) is 0. The van der Waals surface area contributed by atoms with Crippen molar-refractivity contribution < 1.29 is 4.42 Å². The van der Waals surface area contributed by atoms with Gasteiger partial charge in [0, 0.05) is 56.6 Å². The zero-order valence-electron chi connectivity index (χ0n) is 26.3. The predicted octanol–water partition coefficient (Wildman–Crippen LogP) is 11.9. The van der Waals surface area contributed by atoms with Gasteiger partial charge in [0.25, 0.3) is 0 Å². The Kier molecular flexibility index (Phi) is 6.15. The summed E-state index contributed by atoms with van der Waals surface area (Å²) in [5.41, 5.74) is 13.5. The maximum absolute atomic E-state index is 6.29. The van der Waals surface area contributed by atoms with Gasteiger partial charge in [-0.15, -0.1) is 0 Å². The smallest absolute Gasteiger partial charge is 0.136 e. The van der Waals surface area contributed by atoms with E-state index in [1.165, 1.54) is 0 Å². The van der Waals surface area contributed by atoms with Crippen molar-refractivity contribution in [1.29, 1.82) is 0 Å². The quantitative estimate of drug-likeness (QED) is 0.183. The van der Waals surface area contributed by atoms with Crippen LogP contribution in [-0.2, 0) is 0 Å². The Hall–Kier alpha value is -6.65. The van der Waals surface area contributed by atoms with Crippen LogP contribution in [0.5, 0.6) is 0 Å². The van der Waals surface area contributed by atoms with Crippen LogP contribution in [-0.4, -0.2) is 15.0 Å². The highest BCUT2D eigenvalue weighted by Gasteiger charge is 2.14. The van der Waals surface area contributed by atoms with Gasteiger partial charge in [-0.05, 0) is 88.0 Å². The van der Waals surface area contributed by atoms with E-state index >= 15 is 0 Å². The zero-order chi connectivity index (χ0) is 32.3. The monoisotopic (exact) mass is 625 g/mol. The first-order valence-corrected chi connectivity index (χ1v) is 16.4. The Bertz CT molecular complexity index is 2880. The molecule has 0 aliphatic rings. The molecule has 0 spiro atoms. The fraction of sp³-hybridized carbons (Fsp3) is 0.